The number of sulfonamides is 1. The average Bonchev–Trinajstić information content (AvgIpc) is 2.41. The van der Waals surface area contributed by atoms with Gasteiger partial charge in [0.2, 0.25) is 0 Å². The number of ether oxygens (including phenoxy) is 1. The molecule has 0 aliphatic heterocycles. The van der Waals surface area contributed by atoms with Gasteiger partial charge in [-0.25, -0.2) is 12.8 Å². The van der Waals surface area contributed by atoms with Gasteiger partial charge in [-0.2, -0.15) is 0 Å². The van der Waals surface area contributed by atoms with Crippen LogP contribution in [-0.2, 0) is 10.0 Å². The van der Waals surface area contributed by atoms with Crippen LogP contribution in [0.15, 0.2) is 41.3 Å². The number of anilines is 2. The number of nitrogens with two attached hydrogens (primary N) is 1. The molecule has 2 aromatic carbocycles. The molecule has 2 rings (SSSR count). The molecule has 2 aromatic rings. The molecule has 7 heteroatoms. The second kappa shape index (κ2) is 5.61. The van der Waals surface area contributed by atoms with Crippen molar-refractivity contribution in [3.05, 3.63) is 47.8 Å². The van der Waals surface area contributed by atoms with Gasteiger partial charge in [0, 0.05) is 0 Å². The Morgan fingerprint density at radius 2 is 1.90 bits per heavy atom. The minimum Gasteiger partial charge on any atom is -0.495 e. The fourth-order valence-electron chi connectivity index (χ4n) is 1.75. The van der Waals surface area contributed by atoms with Gasteiger partial charge in [-0.1, -0.05) is 6.07 Å². The molecule has 0 aliphatic rings. The lowest BCUT2D eigenvalue weighted by Gasteiger charge is -2.11. The molecule has 0 heterocycles. The van der Waals surface area contributed by atoms with Crippen LogP contribution in [0.5, 0.6) is 5.75 Å². The predicted octanol–water partition coefficient (Wildman–Crippen LogP) is 2.53. The Bertz CT molecular complexity index is 776. The Kier molecular flexibility index (Phi) is 4.04. The smallest absolute Gasteiger partial charge is 0.261 e. The Morgan fingerprint density at radius 1 is 1.19 bits per heavy atom. The van der Waals surface area contributed by atoms with Gasteiger partial charge in [-0.05, 0) is 42.8 Å². The van der Waals surface area contributed by atoms with Crippen LogP contribution in [0.1, 0.15) is 5.56 Å². The molecule has 0 radical (unpaired) electrons. The maximum Gasteiger partial charge on any atom is 0.261 e. The lowest BCUT2D eigenvalue weighted by molar-refractivity contribution is 0.417. The molecule has 0 bridgehead atoms. The zero-order valence-electron chi connectivity index (χ0n) is 11.6. The predicted molar refractivity (Wildman–Crippen MR) is 79.4 cm³/mol. The second-order valence-corrected chi connectivity index (χ2v) is 6.16. The van der Waals surface area contributed by atoms with Gasteiger partial charge in [0.05, 0.1) is 23.4 Å². The number of halogens is 1. The summed E-state index contributed by atoms with van der Waals surface area (Å²) in [6.45, 7) is 1.56. The van der Waals surface area contributed by atoms with Crippen molar-refractivity contribution >= 4 is 21.4 Å². The fourth-order valence-corrected chi connectivity index (χ4v) is 2.81. The van der Waals surface area contributed by atoms with E-state index in [1.54, 1.807) is 13.0 Å². The van der Waals surface area contributed by atoms with Crippen LogP contribution < -0.4 is 15.2 Å². The number of methoxy groups -OCH3 is 1. The first-order valence-corrected chi connectivity index (χ1v) is 7.54. The summed E-state index contributed by atoms with van der Waals surface area (Å²) < 4.78 is 45.2. The molecule has 0 saturated heterocycles. The molecule has 0 aromatic heterocycles. The summed E-state index contributed by atoms with van der Waals surface area (Å²) >= 11 is 0. The van der Waals surface area contributed by atoms with E-state index in [1.807, 2.05) is 0 Å². The standard InChI is InChI=1S/C14H15FN2O3S/c1-9-3-5-11(8-12(9)15)21(18,19)17-10-4-6-14(20-2)13(16)7-10/h3-8,17H,16H2,1-2H3. The number of hydrogen-bond acceptors (Lipinski definition) is 4. The lowest BCUT2D eigenvalue weighted by Crippen LogP contribution is -2.13. The van der Waals surface area contributed by atoms with Crippen molar-refractivity contribution in [3.63, 3.8) is 0 Å². The third-order valence-corrected chi connectivity index (χ3v) is 4.31. The molecule has 21 heavy (non-hydrogen) atoms. The van der Waals surface area contributed by atoms with E-state index in [9.17, 15) is 12.8 Å². The Labute approximate surface area is 122 Å². The fraction of sp³-hybridized carbons (Fsp3) is 0.143. The molecule has 5 nitrogen and oxygen atoms in total. The highest BCUT2D eigenvalue weighted by Gasteiger charge is 2.16. The second-order valence-electron chi connectivity index (χ2n) is 4.47. The van der Waals surface area contributed by atoms with Gasteiger partial charge in [0.25, 0.3) is 10.0 Å². The molecule has 0 aliphatic carbocycles. The summed E-state index contributed by atoms with van der Waals surface area (Å²) in [6.07, 6.45) is 0. The summed E-state index contributed by atoms with van der Waals surface area (Å²) in [5.74, 6) is -0.133. The molecular weight excluding hydrogens is 295 g/mol. The highest BCUT2D eigenvalue weighted by molar-refractivity contribution is 7.92. The molecular formula is C14H15FN2O3S. The van der Waals surface area contributed by atoms with Gasteiger partial charge < -0.3 is 10.5 Å². The Hall–Kier alpha value is -2.28. The van der Waals surface area contributed by atoms with E-state index in [0.717, 1.165) is 6.07 Å². The van der Waals surface area contributed by atoms with Crippen LogP contribution >= 0.6 is 0 Å². The van der Waals surface area contributed by atoms with Crippen LogP contribution in [0.3, 0.4) is 0 Å². The maximum absolute atomic E-state index is 13.5. The van der Waals surface area contributed by atoms with E-state index in [-0.39, 0.29) is 10.6 Å². The molecule has 112 valence electrons. The monoisotopic (exact) mass is 310 g/mol. The largest absolute Gasteiger partial charge is 0.495 e. The number of aryl methyl sites for hydroxylation is 1. The third kappa shape index (κ3) is 3.25. The van der Waals surface area contributed by atoms with Crippen LogP contribution in [0.25, 0.3) is 0 Å². The molecule has 0 amide bonds. The van der Waals surface area contributed by atoms with Crippen molar-refractivity contribution in [1.82, 2.24) is 0 Å². The minimum absolute atomic E-state index is 0.153. The van der Waals surface area contributed by atoms with E-state index in [0.29, 0.717) is 17.0 Å². The van der Waals surface area contributed by atoms with Gasteiger partial charge in [-0.3, -0.25) is 4.72 Å². The van der Waals surface area contributed by atoms with E-state index in [1.165, 1.54) is 31.4 Å². The maximum atomic E-state index is 13.5. The van der Waals surface area contributed by atoms with E-state index in [2.05, 4.69) is 4.72 Å². The molecule has 3 N–H and O–H groups in total. The molecule has 0 atom stereocenters. The van der Waals surface area contributed by atoms with Crippen molar-refractivity contribution in [2.24, 2.45) is 0 Å². The first-order valence-electron chi connectivity index (χ1n) is 6.06. The van der Waals surface area contributed by atoms with Crippen LogP contribution in [0, 0.1) is 12.7 Å². The van der Waals surface area contributed by atoms with Gasteiger partial charge in [-0.15, -0.1) is 0 Å². The average molecular weight is 310 g/mol. The molecule has 0 saturated carbocycles. The van der Waals surface area contributed by atoms with E-state index >= 15 is 0 Å². The van der Waals surface area contributed by atoms with E-state index in [4.69, 9.17) is 10.5 Å². The summed E-state index contributed by atoms with van der Waals surface area (Å²) in [5.41, 5.74) is 6.66. The van der Waals surface area contributed by atoms with E-state index < -0.39 is 15.8 Å². The van der Waals surface area contributed by atoms with Gasteiger partial charge in [0.15, 0.2) is 0 Å². The number of nitrogen functional groups attached to an aromatic ring is 1. The van der Waals surface area contributed by atoms with Crippen LogP contribution in [0.2, 0.25) is 0 Å². The Balaban J connectivity index is 2.32. The SMILES string of the molecule is COc1ccc(NS(=O)(=O)c2ccc(C)c(F)c2)cc1N. The van der Waals surface area contributed by atoms with Crippen molar-refractivity contribution in [2.75, 3.05) is 17.6 Å². The summed E-state index contributed by atoms with van der Waals surface area (Å²) in [7, 11) is -2.41. The van der Waals surface area contributed by atoms with Gasteiger partial charge >= 0.3 is 0 Å². The highest BCUT2D eigenvalue weighted by Crippen LogP contribution is 2.26. The quantitative estimate of drug-likeness (QED) is 0.850. The molecule has 0 fully saturated rings. The number of rotatable bonds is 4. The normalized spacial score (nSPS) is 11.2. The van der Waals surface area contributed by atoms with Crippen molar-refractivity contribution in [1.29, 1.82) is 0 Å². The number of benzene rings is 2. The van der Waals surface area contributed by atoms with Crippen molar-refractivity contribution < 1.29 is 17.5 Å². The van der Waals surface area contributed by atoms with Crippen molar-refractivity contribution in [2.45, 2.75) is 11.8 Å². The highest BCUT2D eigenvalue weighted by atomic mass is 32.2. The lowest BCUT2D eigenvalue weighted by atomic mass is 10.2. The first-order chi connectivity index (χ1) is 9.83. The third-order valence-electron chi connectivity index (χ3n) is 2.94. The zero-order valence-corrected chi connectivity index (χ0v) is 12.4. The van der Waals surface area contributed by atoms with Crippen LogP contribution in [-0.4, -0.2) is 15.5 Å². The topological polar surface area (TPSA) is 81.4 Å². The summed E-state index contributed by atoms with van der Waals surface area (Å²) in [6, 6.07) is 8.21. The number of hydrogen-bond donors (Lipinski definition) is 2. The molecule has 0 spiro atoms. The number of nitrogens with one attached hydrogen (secondary N) is 1. The zero-order chi connectivity index (χ0) is 15.6. The molecule has 0 unspecified atom stereocenters. The Morgan fingerprint density at radius 3 is 2.48 bits per heavy atom. The minimum atomic E-state index is -3.88. The first kappa shape index (κ1) is 15.1. The van der Waals surface area contributed by atoms with Crippen LogP contribution in [0.4, 0.5) is 15.8 Å². The van der Waals surface area contributed by atoms with Crippen molar-refractivity contribution in [3.8, 4) is 5.75 Å². The van der Waals surface area contributed by atoms with Gasteiger partial charge in [0.1, 0.15) is 11.6 Å². The summed E-state index contributed by atoms with van der Waals surface area (Å²) in [5, 5.41) is 0. The summed E-state index contributed by atoms with van der Waals surface area (Å²) in [4.78, 5) is -0.153.